The van der Waals surface area contributed by atoms with E-state index >= 15 is 0 Å². The molecule has 0 spiro atoms. The largest absolute Gasteiger partial charge is 0.383 e. The molecular formula is C17H21O3P. The number of hydrogen-bond donors (Lipinski definition) is 1. The van der Waals surface area contributed by atoms with E-state index in [1.54, 1.807) is 6.92 Å². The van der Waals surface area contributed by atoms with Crippen molar-refractivity contribution in [2.75, 3.05) is 6.61 Å². The molecule has 2 unspecified atom stereocenters. The second-order valence-corrected chi connectivity index (χ2v) is 7.73. The van der Waals surface area contributed by atoms with Gasteiger partial charge in [-0.3, -0.25) is 4.57 Å². The van der Waals surface area contributed by atoms with E-state index in [9.17, 15) is 9.67 Å². The number of aliphatic hydroxyl groups excluding tert-OH is 1. The Labute approximate surface area is 126 Å². The Bertz CT molecular complexity index is 556. The molecule has 2 aromatic carbocycles. The van der Waals surface area contributed by atoms with Crippen LogP contribution in [0.1, 0.15) is 30.6 Å². The van der Waals surface area contributed by atoms with Gasteiger partial charge in [-0.25, -0.2) is 0 Å². The quantitative estimate of drug-likeness (QED) is 0.803. The smallest absolute Gasteiger partial charge is 0.241 e. The van der Waals surface area contributed by atoms with Crippen LogP contribution < -0.4 is 0 Å². The average Bonchev–Trinajstić information content (AvgIpc) is 2.50. The van der Waals surface area contributed by atoms with Crippen LogP contribution in [0.2, 0.25) is 0 Å². The van der Waals surface area contributed by atoms with E-state index in [0.29, 0.717) is 6.61 Å². The molecule has 0 fully saturated rings. The third kappa shape index (κ3) is 3.44. The number of hydrogen-bond acceptors (Lipinski definition) is 3. The van der Waals surface area contributed by atoms with Gasteiger partial charge in [0.1, 0.15) is 5.85 Å². The summed E-state index contributed by atoms with van der Waals surface area (Å²) in [7, 11) is -3.29. The van der Waals surface area contributed by atoms with Crippen molar-refractivity contribution in [2.45, 2.75) is 25.4 Å². The van der Waals surface area contributed by atoms with E-state index < -0.39 is 18.9 Å². The lowest BCUT2D eigenvalue weighted by molar-refractivity contribution is 0.222. The zero-order valence-electron chi connectivity index (χ0n) is 12.3. The second-order valence-electron chi connectivity index (χ2n) is 4.92. The maximum absolute atomic E-state index is 13.3. The first kappa shape index (κ1) is 16.0. The molecule has 0 aliphatic heterocycles. The molecule has 0 heterocycles. The molecule has 0 amide bonds. The van der Waals surface area contributed by atoms with Crippen molar-refractivity contribution < 1.29 is 14.2 Å². The summed E-state index contributed by atoms with van der Waals surface area (Å²) < 4.78 is 18.9. The first-order chi connectivity index (χ1) is 10.1. The summed E-state index contributed by atoms with van der Waals surface area (Å²) in [5.74, 6) is -1.03. The Morgan fingerprint density at radius 3 is 1.76 bits per heavy atom. The molecule has 0 aliphatic rings. The van der Waals surface area contributed by atoms with Crippen LogP contribution in [0.5, 0.6) is 0 Å². The van der Waals surface area contributed by atoms with Gasteiger partial charge in [-0.15, -0.1) is 0 Å². The fourth-order valence-electron chi connectivity index (χ4n) is 2.48. The van der Waals surface area contributed by atoms with E-state index in [1.807, 2.05) is 60.7 Å². The predicted octanol–water partition coefficient (Wildman–Crippen LogP) is 4.43. The van der Waals surface area contributed by atoms with Gasteiger partial charge in [0.2, 0.25) is 7.37 Å². The third-order valence-corrected chi connectivity index (χ3v) is 6.46. The van der Waals surface area contributed by atoms with Crippen LogP contribution in [-0.4, -0.2) is 17.6 Å². The summed E-state index contributed by atoms with van der Waals surface area (Å²) in [5.41, 5.74) is 1.32. The zero-order chi connectivity index (χ0) is 15.3. The molecular weight excluding hydrogens is 283 g/mol. The van der Waals surface area contributed by atoms with Crippen molar-refractivity contribution in [3.05, 3.63) is 71.8 Å². The lowest BCUT2D eigenvalue weighted by atomic mass is 10.0. The Kier molecular flexibility index (Phi) is 5.35. The van der Waals surface area contributed by atoms with Gasteiger partial charge in [-0.05, 0) is 25.0 Å². The summed E-state index contributed by atoms with van der Waals surface area (Å²) in [6.07, 6.45) is 0. The molecule has 4 heteroatoms. The van der Waals surface area contributed by atoms with Gasteiger partial charge >= 0.3 is 0 Å². The van der Waals surface area contributed by atoms with Gasteiger partial charge in [0, 0.05) is 0 Å². The SMILES string of the molecule is CCOP(=O)(C(C)O)C(c1ccccc1)c1ccccc1. The van der Waals surface area contributed by atoms with E-state index in [2.05, 4.69) is 0 Å². The Hall–Kier alpha value is -1.41. The highest BCUT2D eigenvalue weighted by Crippen LogP contribution is 2.65. The number of aliphatic hydroxyl groups is 1. The normalized spacial score (nSPS) is 15.6. The molecule has 0 aliphatic carbocycles. The zero-order valence-corrected chi connectivity index (χ0v) is 13.2. The third-order valence-electron chi connectivity index (χ3n) is 3.44. The van der Waals surface area contributed by atoms with Crippen LogP contribution in [0.4, 0.5) is 0 Å². The minimum absolute atomic E-state index is 0.304. The van der Waals surface area contributed by atoms with Crippen LogP contribution in [0.15, 0.2) is 60.7 Å². The highest BCUT2D eigenvalue weighted by Gasteiger charge is 2.40. The minimum Gasteiger partial charge on any atom is -0.383 e. The summed E-state index contributed by atoms with van der Waals surface area (Å²) in [5, 5.41) is 10.1. The topological polar surface area (TPSA) is 46.5 Å². The molecule has 2 aromatic rings. The highest BCUT2D eigenvalue weighted by atomic mass is 31.2. The molecule has 2 atom stereocenters. The van der Waals surface area contributed by atoms with Crippen LogP contribution in [0, 0.1) is 0 Å². The van der Waals surface area contributed by atoms with Crippen molar-refractivity contribution in [3.63, 3.8) is 0 Å². The van der Waals surface area contributed by atoms with Crippen molar-refractivity contribution in [1.29, 1.82) is 0 Å². The van der Waals surface area contributed by atoms with Crippen molar-refractivity contribution in [1.82, 2.24) is 0 Å². The van der Waals surface area contributed by atoms with E-state index in [1.165, 1.54) is 6.92 Å². The van der Waals surface area contributed by atoms with Crippen molar-refractivity contribution in [3.8, 4) is 0 Å². The van der Waals surface area contributed by atoms with E-state index in [-0.39, 0.29) is 0 Å². The average molecular weight is 304 g/mol. The molecule has 2 rings (SSSR count). The lowest BCUT2D eigenvalue weighted by Crippen LogP contribution is -2.14. The van der Waals surface area contributed by atoms with Crippen LogP contribution in [-0.2, 0) is 9.09 Å². The molecule has 0 bridgehead atoms. The predicted molar refractivity (Wildman–Crippen MR) is 85.6 cm³/mol. The molecule has 21 heavy (non-hydrogen) atoms. The number of rotatable bonds is 6. The first-order valence-corrected chi connectivity index (χ1v) is 8.87. The van der Waals surface area contributed by atoms with Gasteiger partial charge in [0.25, 0.3) is 0 Å². The van der Waals surface area contributed by atoms with E-state index in [0.717, 1.165) is 11.1 Å². The molecule has 0 saturated heterocycles. The monoisotopic (exact) mass is 304 g/mol. The van der Waals surface area contributed by atoms with Crippen LogP contribution in [0.3, 0.4) is 0 Å². The molecule has 3 nitrogen and oxygen atoms in total. The molecule has 0 saturated carbocycles. The summed E-state index contributed by atoms with van der Waals surface area (Å²) in [6, 6.07) is 19.1. The first-order valence-electron chi connectivity index (χ1n) is 7.11. The van der Waals surface area contributed by atoms with Gasteiger partial charge < -0.3 is 9.63 Å². The van der Waals surface area contributed by atoms with Gasteiger partial charge in [0.15, 0.2) is 0 Å². The summed E-state index contributed by atoms with van der Waals surface area (Å²) in [6.45, 7) is 3.63. The van der Waals surface area contributed by atoms with Crippen molar-refractivity contribution in [2.24, 2.45) is 0 Å². The highest BCUT2D eigenvalue weighted by molar-refractivity contribution is 7.60. The van der Waals surface area contributed by atoms with E-state index in [4.69, 9.17) is 4.52 Å². The molecule has 112 valence electrons. The minimum atomic E-state index is -3.29. The van der Waals surface area contributed by atoms with Gasteiger partial charge in [0.05, 0.1) is 12.3 Å². The maximum atomic E-state index is 13.3. The number of benzene rings is 2. The summed E-state index contributed by atoms with van der Waals surface area (Å²) >= 11 is 0. The summed E-state index contributed by atoms with van der Waals surface area (Å²) in [4.78, 5) is 0. The molecule has 0 aromatic heterocycles. The van der Waals surface area contributed by atoms with Crippen molar-refractivity contribution >= 4 is 7.37 Å². The van der Waals surface area contributed by atoms with Crippen LogP contribution in [0.25, 0.3) is 0 Å². The Morgan fingerprint density at radius 2 is 1.43 bits per heavy atom. The second kappa shape index (κ2) is 7.04. The van der Waals surface area contributed by atoms with Gasteiger partial charge in [-0.1, -0.05) is 60.7 Å². The molecule has 0 radical (unpaired) electrons. The Balaban J connectivity index is 2.58. The molecule has 1 N–H and O–H groups in total. The fourth-order valence-corrected chi connectivity index (χ4v) is 4.85. The Morgan fingerprint density at radius 1 is 1.00 bits per heavy atom. The van der Waals surface area contributed by atoms with Crippen LogP contribution >= 0.6 is 7.37 Å². The lowest BCUT2D eigenvalue weighted by Gasteiger charge is -2.30. The maximum Gasteiger partial charge on any atom is 0.241 e. The fraction of sp³-hybridized carbons (Fsp3) is 0.294. The standard InChI is InChI=1S/C17H21O3P/c1-3-20-21(19,14(2)18)17(15-10-6-4-7-11-15)16-12-8-5-9-13-16/h4-14,17-18H,3H2,1-2H3. The van der Waals surface area contributed by atoms with Gasteiger partial charge in [-0.2, -0.15) is 0 Å².